The average Bonchev–Trinajstić information content (AvgIpc) is 3.11. The van der Waals surface area contributed by atoms with Crippen molar-refractivity contribution in [3.05, 3.63) is 58.0 Å². The second-order valence-electron chi connectivity index (χ2n) is 6.69. The van der Waals surface area contributed by atoms with E-state index >= 15 is 0 Å². The molecule has 142 valence electrons. The van der Waals surface area contributed by atoms with Crippen LogP contribution in [0.25, 0.3) is 0 Å². The molecule has 1 atom stereocenters. The second kappa shape index (κ2) is 7.19. The van der Waals surface area contributed by atoms with Crippen molar-refractivity contribution in [2.75, 3.05) is 13.6 Å². The maximum Gasteiger partial charge on any atom is 0.325 e. The fraction of sp³-hybridized carbons (Fsp3) is 0.316. The Morgan fingerprint density at radius 1 is 1.26 bits per heavy atom. The van der Waals surface area contributed by atoms with Crippen molar-refractivity contribution in [2.24, 2.45) is 0 Å². The topological polar surface area (TPSA) is 82.9 Å². The lowest BCUT2D eigenvalue weighted by Gasteiger charge is -2.24. The molecule has 1 aromatic heterocycles. The van der Waals surface area contributed by atoms with Gasteiger partial charge in [0.1, 0.15) is 23.6 Å². The number of likely N-dealkylation sites (N-methyl/N-ethyl adjacent to an activating group) is 1. The number of furan rings is 1. The van der Waals surface area contributed by atoms with Crippen LogP contribution in [0.3, 0.4) is 0 Å². The Morgan fingerprint density at radius 3 is 2.59 bits per heavy atom. The van der Waals surface area contributed by atoms with Gasteiger partial charge in [0.15, 0.2) is 0 Å². The first kappa shape index (κ1) is 19.2. The Morgan fingerprint density at radius 2 is 1.96 bits per heavy atom. The van der Waals surface area contributed by atoms with E-state index in [0.29, 0.717) is 15.8 Å². The van der Waals surface area contributed by atoms with Gasteiger partial charge in [-0.1, -0.05) is 34.1 Å². The summed E-state index contributed by atoms with van der Waals surface area (Å²) in [5.74, 6) is 0.571. The maximum atomic E-state index is 12.9. The summed E-state index contributed by atoms with van der Waals surface area (Å²) in [5, 5.41) is 2.70. The Kier molecular flexibility index (Phi) is 5.10. The van der Waals surface area contributed by atoms with Crippen molar-refractivity contribution in [3.8, 4) is 0 Å². The lowest BCUT2D eigenvalue weighted by molar-refractivity contribution is -0.138. The summed E-state index contributed by atoms with van der Waals surface area (Å²) in [6, 6.07) is 10.2. The normalized spacial score (nSPS) is 19.3. The average molecular weight is 434 g/mol. The molecule has 27 heavy (non-hydrogen) atoms. The zero-order valence-electron chi connectivity index (χ0n) is 15.3. The molecule has 8 heteroatoms. The molecule has 3 rings (SSSR count). The predicted octanol–water partition coefficient (Wildman–Crippen LogP) is 2.78. The highest BCUT2D eigenvalue weighted by molar-refractivity contribution is 9.10. The lowest BCUT2D eigenvalue weighted by Crippen LogP contribution is -2.43. The maximum absolute atomic E-state index is 12.9. The molecular formula is C19H20BrN3O4. The van der Waals surface area contributed by atoms with Crippen LogP contribution in [0.1, 0.15) is 24.0 Å². The van der Waals surface area contributed by atoms with Crippen molar-refractivity contribution in [2.45, 2.75) is 25.9 Å². The summed E-state index contributed by atoms with van der Waals surface area (Å²) in [6.07, 6.45) is 0. The highest BCUT2D eigenvalue weighted by atomic mass is 79.9. The largest absolute Gasteiger partial charge is 0.464 e. The number of halogens is 1. The van der Waals surface area contributed by atoms with E-state index in [1.807, 2.05) is 19.1 Å². The summed E-state index contributed by atoms with van der Waals surface area (Å²) in [6.45, 7) is 3.38. The number of amides is 4. The molecule has 1 unspecified atom stereocenters. The van der Waals surface area contributed by atoms with E-state index in [1.54, 1.807) is 38.2 Å². The van der Waals surface area contributed by atoms with Gasteiger partial charge in [0.2, 0.25) is 5.91 Å². The number of urea groups is 1. The molecule has 1 N–H and O–H groups in total. The minimum atomic E-state index is -1.23. The summed E-state index contributed by atoms with van der Waals surface area (Å²) >= 11 is 3.41. The molecule has 7 nitrogen and oxygen atoms in total. The number of hydrogen-bond donors (Lipinski definition) is 1. The van der Waals surface area contributed by atoms with Crippen LogP contribution in [0, 0.1) is 6.92 Å². The van der Waals surface area contributed by atoms with Gasteiger partial charge in [-0.2, -0.15) is 0 Å². The third kappa shape index (κ3) is 3.62. The van der Waals surface area contributed by atoms with Gasteiger partial charge in [-0.05, 0) is 32.0 Å². The Bertz CT molecular complexity index is 910. The van der Waals surface area contributed by atoms with Crippen LogP contribution in [-0.2, 0) is 21.7 Å². The monoisotopic (exact) mass is 433 g/mol. The van der Waals surface area contributed by atoms with Crippen LogP contribution in [0.5, 0.6) is 0 Å². The fourth-order valence-electron chi connectivity index (χ4n) is 3.04. The second-order valence-corrected chi connectivity index (χ2v) is 7.54. The van der Waals surface area contributed by atoms with Crippen molar-refractivity contribution in [1.82, 2.24) is 15.1 Å². The highest BCUT2D eigenvalue weighted by Crippen LogP contribution is 2.33. The van der Waals surface area contributed by atoms with Gasteiger partial charge in [-0.15, -0.1) is 0 Å². The van der Waals surface area contributed by atoms with E-state index in [4.69, 9.17) is 4.42 Å². The minimum absolute atomic E-state index is 0.262. The van der Waals surface area contributed by atoms with Gasteiger partial charge in [0, 0.05) is 17.1 Å². The highest BCUT2D eigenvalue weighted by Gasteiger charge is 2.50. The quantitative estimate of drug-likeness (QED) is 0.734. The molecule has 0 saturated carbocycles. The molecule has 1 saturated heterocycles. The molecule has 0 aliphatic carbocycles. The minimum Gasteiger partial charge on any atom is -0.464 e. The number of hydrogen-bond acceptors (Lipinski definition) is 4. The standard InChI is InChI=1S/C19H20BrN3O4/c1-12-8-9-13(27-12)10-22(3)16(24)11-23-17(25)19(2,21-18(23)26)14-6-4-5-7-15(14)20/h4-9H,10-11H2,1-3H3,(H,21,26). The molecular weight excluding hydrogens is 414 g/mol. The van der Waals surface area contributed by atoms with Gasteiger partial charge in [0.25, 0.3) is 5.91 Å². The first-order valence-corrected chi connectivity index (χ1v) is 9.20. The number of carbonyl (C=O) groups is 3. The number of aryl methyl sites for hydroxylation is 1. The lowest BCUT2D eigenvalue weighted by atomic mass is 9.92. The Hall–Kier alpha value is -2.61. The van der Waals surface area contributed by atoms with Crippen molar-refractivity contribution < 1.29 is 18.8 Å². The van der Waals surface area contributed by atoms with Crippen molar-refractivity contribution in [1.29, 1.82) is 0 Å². The van der Waals surface area contributed by atoms with E-state index in [2.05, 4.69) is 21.2 Å². The summed E-state index contributed by atoms with van der Waals surface area (Å²) < 4.78 is 6.17. The van der Waals surface area contributed by atoms with E-state index in [9.17, 15) is 14.4 Å². The molecule has 2 aromatic rings. The van der Waals surface area contributed by atoms with E-state index < -0.39 is 17.5 Å². The first-order valence-electron chi connectivity index (χ1n) is 8.41. The number of nitrogens with one attached hydrogen (secondary N) is 1. The number of carbonyl (C=O) groups excluding carboxylic acids is 3. The first-order chi connectivity index (χ1) is 12.7. The van der Waals surface area contributed by atoms with Crippen LogP contribution in [0.4, 0.5) is 4.79 Å². The number of imide groups is 1. The van der Waals surface area contributed by atoms with E-state index in [-0.39, 0.29) is 19.0 Å². The van der Waals surface area contributed by atoms with E-state index in [1.165, 1.54) is 4.90 Å². The van der Waals surface area contributed by atoms with Crippen molar-refractivity contribution in [3.63, 3.8) is 0 Å². The molecule has 0 spiro atoms. The van der Waals surface area contributed by atoms with Gasteiger partial charge < -0.3 is 14.6 Å². The smallest absolute Gasteiger partial charge is 0.325 e. The van der Waals surface area contributed by atoms with Crippen LogP contribution >= 0.6 is 15.9 Å². The fourth-order valence-corrected chi connectivity index (χ4v) is 3.72. The zero-order chi connectivity index (χ0) is 19.8. The molecule has 2 heterocycles. The van der Waals surface area contributed by atoms with E-state index in [0.717, 1.165) is 10.7 Å². The molecule has 0 radical (unpaired) electrons. The zero-order valence-corrected chi connectivity index (χ0v) is 16.9. The predicted molar refractivity (Wildman–Crippen MR) is 102 cm³/mol. The third-order valence-corrected chi connectivity index (χ3v) is 5.29. The van der Waals surface area contributed by atoms with Crippen LogP contribution in [-0.4, -0.2) is 41.2 Å². The molecule has 0 bridgehead atoms. The molecule has 1 aliphatic heterocycles. The van der Waals surface area contributed by atoms with Gasteiger partial charge >= 0.3 is 6.03 Å². The number of benzene rings is 1. The van der Waals surface area contributed by atoms with Crippen LogP contribution in [0.15, 0.2) is 45.3 Å². The Labute approximate surface area is 165 Å². The van der Waals surface area contributed by atoms with Crippen LogP contribution < -0.4 is 5.32 Å². The SMILES string of the molecule is Cc1ccc(CN(C)C(=O)CN2C(=O)NC(C)(c3ccccc3Br)C2=O)o1. The van der Waals surface area contributed by atoms with Gasteiger partial charge in [-0.25, -0.2) is 4.79 Å². The molecule has 4 amide bonds. The molecule has 1 aromatic carbocycles. The Balaban J connectivity index is 1.73. The molecule has 1 fully saturated rings. The summed E-state index contributed by atoms with van der Waals surface area (Å²) in [4.78, 5) is 40.2. The van der Waals surface area contributed by atoms with Gasteiger partial charge in [0.05, 0.1) is 6.54 Å². The number of rotatable bonds is 5. The molecule has 1 aliphatic rings. The summed E-state index contributed by atoms with van der Waals surface area (Å²) in [5.41, 5.74) is -0.591. The van der Waals surface area contributed by atoms with Gasteiger partial charge in [-0.3, -0.25) is 14.5 Å². The third-order valence-electron chi connectivity index (χ3n) is 4.60. The summed E-state index contributed by atoms with van der Waals surface area (Å²) in [7, 11) is 1.60. The number of nitrogens with zero attached hydrogens (tertiary/aromatic N) is 2. The van der Waals surface area contributed by atoms with Crippen molar-refractivity contribution >= 4 is 33.8 Å². The van der Waals surface area contributed by atoms with Crippen LogP contribution in [0.2, 0.25) is 0 Å².